The number of hydrogen-bond acceptors (Lipinski definition) is 4. The van der Waals surface area contributed by atoms with Crippen LogP contribution in [0, 0.1) is 5.92 Å². The van der Waals surface area contributed by atoms with Crippen molar-refractivity contribution in [2.45, 2.75) is 51.6 Å². The molecule has 0 saturated heterocycles. The lowest BCUT2D eigenvalue weighted by Gasteiger charge is -2.15. The second kappa shape index (κ2) is 5.71. The number of nitrogens with one attached hydrogen (secondary N) is 1. The quantitative estimate of drug-likeness (QED) is 0.815. The van der Waals surface area contributed by atoms with E-state index in [1.165, 1.54) is 10.9 Å². The summed E-state index contributed by atoms with van der Waals surface area (Å²) in [7, 11) is -3.58. The van der Waals surface area contributed by atoms with Gasteiger partial charge in [-0.1, -0.05) is 13.8 Å². The number of sulfonamides is 1. The zero-order valence-electron chi connectivity index (χ0n) is 11.3. The Morgan fingerprint density at radius 3 is 2.50 bits per heavy atom. The van der Waals surface area contributed by atoms with Crippen molar-refractivity contribution in [2.75, 3.05) is 5.73 Å². The molecule has 0 radical (unpaired) electrons. The summed E-state index contributed by atoms with van der Waals surface area (Å²) in [6, 6.07) is -0.126. The van der Waals surface area contributed by atoms with E-state index in [0.717, 1.165) is 6.42 Å². The van der Waals surface area contributed by atoms with Crippen molar-refractivity contribution < 1.29 is 8.42 Å². The van der Waals surface area contributed by atoms with Crippen LogP contribution in [0.25, 0.3) is 0 Å². The van der Waals surface area contributed by atoms with Crippen LogP contribution in [-0.2, 0) is 16.6 Å². The van der Waals surface area contributed by atoms with Crippen LogP contribution in [0.5, 0.6) is 0 Å². The van der Waals surface area contributed by atoms with Gasteiger partial charge in [0.2, 0.25) is 10.0 Å². The van der Waals surface area contributed by atoms with Crippen LogP contribution in [0.3, 0.4) is 0 Å². The SMILES string of the molecule is CCn1cc(S(=O)(=O)NC(C)CC(C)C)c(N)n1. The van der Waals surface area contributed by atoms with Crippen molar-refractivity contribution in [2.24, 2.45) is 5.92 Å². The number of aryl methyl sites for hydroxylation is 1. The summed E-state index contributed by atoms with van der Waals surface area (Å²) in [5, 5.41) is 3.94. The van der Waals surface area contributed by atoms with E-state index in [2.05, 4.69) is 9.82 Å². The average molecular weight is 274 g/mol. The normalized spacial score (nSPS) is 14.1. The first-order valence-corrected chi connectivity index (χ1v) is 7.59. The molecule has 18 heavy (non-hydrogen) atoms. The van der Waals surface area contributed by atoms with Crippen LogP contribution in [0.2, 0.25) is 0 Å². The van der Waals surface area contributed by atoms with E-state index < -0.39 is 10.0 Å². The van der Waals surface area contributed by atoms with Gasteiger partial charge in [-0.25, -0.2) is 13.1 Å². The topological polar surface area (TPSA) is 90.0 Å². The van der Waals surface area contributed by atoms with E-state index in [4.69, 9.17) is 5.73 Å². The molecule has 3 N–H and O–H groups in total. The minimum atomic E-state index is -3.58. The highest BCUT2D eigenvalue weighted by Crippen LogP contribution is 2.17. The van der Waals surface area contributed by atoms with Gasteiger partial charge in [0.15, 0.2) is 5.82 Å². The van der Waals surface area contributed by atoms with Crippen molar-refractivity contribution in [1.82, 2.24) is 14.5 Å². The van der Waals surface area contributed by atoms with Crippen LogP contribution in [0.1, 0.15) is 34.1 Å². The molecule has 0 saturated carbocycles. The minimum Gasteiger partial charge on any atom is -0.381 e. The fourth-order valence-corrected chi connectivity index (χ4v) is 3.20. The highest BCUT2D eigenvalue weighted by atomic mass is 32.2. The van der Waals surface area contributed by atoms with E-state index in [-0.39, 0.29) is 16.8 Å². The number of aromatic nitrogens is 2. The standard InChI is InChI=1S/C11H22N4O2S/c1-5-15-7-10(11(12)13-15)18(16,17)14-9(4)6-8(2)3/h7-9,14H,5-6H2,1-4H3,(H2,12,13). The van der Waals surface area contributed by atoms with E-state index in [1.807, 2.05) is 27.7 Å². The Morgan fingerprint density at radius 2 is 2.06 bits per heavy atom. The monoisotopic (exact) mass is 274 g/mol. The number of rotatable bonds is 6. The Labute approximate surface area is 109 Å². The smallest absolute Gasteiger partial charge is 0.246 e. The molecule has 104 valence electrons. The van der Waals surface area contributed by atoms with E-state index in [1.54, 1.807) is 0 Å². The van der Waals surface area contributed by atoms with Crippen molar-refractivity contribution in [3.05, 3.63) is 6.20 Å². The summed E-state index contributed by atoms with van der Waals surface area (Å²) >= 11 is 0. The predicted molar refractivity (Wildman–Crippen MR) is 71.6 cm³/mol. The van der Waals surface area contributed by atoms with Gasteiger partial charge in [0.25, 0.3) is 0 Å². The number of nitrogens with two attached hydrogens (primary N) is 1. The van der Waals surface area contributed by atoms with Crippen molar-refractivity contribution in [3.8, 4) is 0 Å². The fourth-order valence-electron chi connectivity index (χ4n) is 1.87. The maximum atomic E-state index is 12.1. The second-order valence-electron chi connectivity index (χ2n) is 4.89. The number of hydrogen-bond donors (Lipinski definition) is 2. The Bertz CT molecular complexity index is 493. The summed E-state index contributed by atoms with van der Waals surface area (Å²) in [5.74, 6) is 0.472. The van der Waals surface area contributed by atoms with Crippen molar-refractivity contribution in [3.63, 3.8) is 0 Å². The van der Waals surface area contributed by atoms with Crippen LogP contribution < -0.4 is 10.5 Å². The lowest BCUT2D eigenvalue weighted by Crippen LogP contribution is -2.33. The Balaban J connectivity index is 2.89. The third kappa shape index (κ3) is 3.71. The second-order valence-corrected chi connectivity index (χ2v) is 6.57. The number of anilines is 1. The summed E-state index contributed by atoms with van der Waals surface area (Å²) in [5.41, 5.74) is 5.63. The maximum absolute atomic E-state index is 12.1. The summed E-state index contributed by atoms with van der Waals surface area (Å²) in [4.78, 5) is 0.0555. The minimum absolute atomic E-state index is 0.0427. The lowest BCUT2D eigenvalue weighted by atomic mass is 10.1. The summed E-state index contributed by atoms with van der Waals surface area (Å²) in [6.07, 6.45) is 2.24. The fraction of sp³-hybridized carbons (Fsp3) is 0.727. The van der Waals surface area contributed by atoms with Gasteiger partial charge < -0.3 is 5.73 Å². The number of nitrogen functional groups attached to an aromatic ring is 1. The van der Waals surface area contributed by atoms with Crippen molar-refractivity contribution >= 4 is 15.8 Å². The molecular formula is C11H22N4O2S. The van der Waals surface area contributed by atoms with Crippen LogP contribution in [0.15, 0.2) is 11.1 Å². The molecule has 1 aromatic heterocycles. The molecule has 0 amide bonds. The summed E-state index contributed by atoms with van der Waals surface area (Å²) in [6.45, 7) is 8.40. The van der Waals surface area contributed by atoms with E-state index in [0.29, 0.717) is 12.5 Å². The molecule has 1 rings (SSSR count). The first-order valence-electron chi connectivity index (χ1n) is 6.11. The van der Waals surface area contributed by atoms with E-state index in [9.17, 15) is 8.42 Å². The number of nitrogens with zero attached hydrogens (tertiary/aromatic N) is 2. The molecule has 6 nitrogen and oxygen atoms in total. The first-order chi connectivity index (χ1) is 8.26. The molecule has 1 heterocycles. The largest absolute Gasteiger partial charge is 0.381 e. The predicted octanol–water partition coefficient (Wildman–Crippen LogP) is 1.20. The summed E-state index contributed by atoms with van der Waals surface area (Å²) < 4.78 is 28.4. The molecule has 0 bridgehead atoms. The van der Waals surface area contributed by atoms with Gasteiger partial charge in [0.05, 0.1) is 0 Å². The van der Waals surface area contributed by atoms with Crippen LogP contribution in [-0.4, -0.2) is 24.2 Å². The van der Waals surface area contributed by atoms with Gasteiger partial charge in [-0.2, -0.15) is 5.10 Å². The molecule has 0 aliphatic heterocycles. The van der Waals surface area contributed by atoms with Gasteiger partial charge in [-0.15, -0.1) is 0 Å². The van der Waals surface area contributed by atoms with Gasteiger partial charge in [0, 0.05) is 18.8 Å². The third-order valence-electron chi connectivity index (χ3n) is 2.55. The molecule has 0 fully saturated rings. The maximum Gasteiger partial charge on any atom is 0.246 e. The average Bonchev–Trinajstić information content (AvgIpc) is 2.58. The third-order valence-corrected chi connectivity index (χ3v) is 4.16. The molecule has 1 atom stereocenters. The highest BCUT2D eigenvalue weighted by Gasteiger charge is 2.23. The van der Waals surface area contributed by atoms with Gasteiger partial charge in [-0.3, -0.25) is 4.68 Å². The van der Waals surface area contributed by atoms with Gasteiger partial charge in [0.1, 0.15) is 4.90 Å². The highest BCUT2D eigenvalue weighted by molar-refractivity contribution is 7.89. The Morgan fingerprint density at radius 1 is 1.44 bits per heavy atom. The molecule has 0 aliphatic rings. The molecule has 7 heteroatoms. The molecule has 0 aliphatic carbocycles. The molecule has 0 spiro atoms. The molecule has 1 aromatic rings. The lowest BCUT2D eigenvalue weighted by molar-refractivity contribution is 0.482. The van der Waals surface area contributed by atoms with Gasteiger partial charge >= 0.3 is 0 Å². The Hall–Kier alpha value is -1.08. The van der Waals surface area contributed by atoms with Gasteiger partial charge in [-0.05, 0) is 26.2 Å². The van der Waals surface area contributed by atoms with E-state index >= 15 is 0 Å². The Kier molecular flexibility index (Phi) is 4.75. The zero-order valence-corrected chi connectivity index (χ0v) is 12.2. The van der Waals surface area contributed by atoms with Crippen LogP contribution in [0.4, 0.5) is 5.82 Å². The first kappa shape index (κ1) is 15.0. The van der Waals surface area contributed by atoms with Crippen molar-refractivity contribution in [1.29, 1.82) is 0 Å². The van der Waals surface area contributed by atoms with Crippen LogP contribution >= 0.6 is 0 Å². The zero-order chi connectivity index (χ0) is 13.9. The molecule has 0 aromatic carbocycles. The molecular weight excluding hydrogens is 252 g/mol. The molecule has 1 unspecified atom stereocenters.